The third-order valence-corrected chi connectivity index (χ3v) is 3.12. The van der Waals surface area contributed by atoms with E-state index in [-0.39, 0.29) is 30.8 Å². The molecular formula is C9H12Br2ClNO2. The smallest absolute Gasteiger partial charge is 0.143 e. The van der Waals surface area contributed by atoms with Crippen molar-refractivity contribution in [3.05, 3.63) is 26.6 Å². The number of phenols is 1. The number of hydrogen-bond donors (Lipinski definition) is 3. The fraction of sp³-hybridized carbons (Fsp3) is 0.333. The van der Waals surface area contributed by atoms with Crippen molar-refractivity contribution in [3.63, 3.8) is 0 Å². The number of aliphatic hydroxyl groups excluding tert-OH is 1. The molecule has 0 radical (unpaired) electrons. The first-order valence-electron chi connectivity index (χ1n) is 4.10. The van der Waals surface area contributed by atoms with Crippen LogP contribution in [-0.2, 0) is 0 Å². The van der Waals surface area contributed by atoms with Crippen LogP contribution < -0.4 is 5.73 Å². The lowest BCUT2D eigenvalue weighted by atomic mass is 10.1. The quantitative estimate of drug-likeness (QED) is 0.776. The van der Waals surface area contributed by atoms with Gasteiger partial charge in [-0.1, -0.05) is 0 Å². The highest BCUT2D eigenvalue weighted by Gasteiger charge is 2.10. The Morgan fingerprint density at radius 1 is 1.27 bits per heavy atom. The third kappa shape index (κ3) is 3.92. The van der Waals surface area contributed by atoms with E-state index in [0.29, 0.717) is 15.4 Å². The van der Waals surface area contributed by atoms with Crippen LogP contribution in [-0.4, -0.2) is 16.8 Å². The van der Waals surface area contributed by atoms with E-state index in [4.69, 9.17) is 10.8 Å². The van der Waals surface area contributed by atoms with Crippen molar-refractivity contribution < 1.29 is 10.2 Å². The molecular weight excluding hydrogens is 349 g/mol. The first kappa shape index (κ1) is 15.2. The summed E-state index contributed by atoms with van der Waals surface area (Å²) in [4.78, 5) is 0. The average Bonchev–Trinajstić information content (AvgIpc) is 2.13. The van der Waals surface area contributed by atoms with E-state index in [1.807, 2.05) is 0 Å². The number of aromatic hydroxyl groups is 1. The number of phenolic OH excluding ortho intramolecular Hbond substituents is 1. The van der Waals surface area contributed by atoms with Crippen molar-refractivity contribution in [3.8, 4) is 5.75 Å². The topological polar surface area (TPSA) is 66.5 Å². The first-order chi connectivity index (χ1) is 6.56. The Hall–Kier alpha value is 0.190. The Morgan fingerprint density at radius 2 is 1.73 bits per heavy atom. The molecule has 86 valence electrons. The summed E-state index contributed by atoms with van der Waals surface area (Å²) in [5.74, 6) is 0.157. The van der Waals surface area contributed by atoms with Crippen molar-refractivity contribution in [2.75, 3.05) is 6.61 Å². The van der Waals surface area contributed by atoms with Gasteiger partial charge in [0.15, 0.2) is 0 Å². The highest BCUT2D eigenvalue weighted by molar-refractivity contribution is 9.11. The maximum Gasteiger partial charge on any atom is 0.143 e. The van der Waals surface area contributed by atoms with E-state index in [0.717, 1.165) is 5.56 Å². The zero-order chi connectivity index (χ0) is 10.7. The molecule has 4 N–H and O–H groups in total. The lowest BCUT2D eigenvalue weighted by Crippen LogP contribution is -2.11. The fourth-order valence-electron chi connectivity index (χ4n) is 1.10. The predicted octanol–water partition coefficient (Wildman–Crippen LogP) is 2.72. The molecule has 0 amide bonds. The molecule has 1 aromatic rings. The second-order valence-corrected chi connectivity index (χ2v) is 4.66. The first-order valence-corrected chi connectivity index (χ1v) is 5.69. The van der Waals surface area contributed by atoms with Crippen LogP contribution >= 0.6 is 44.3 Å². The Balaban J connectivity index is 0.00000196. The van der Waals surface area contributed by atoms with E-state index in [9.17, 15) is 5.11 Å². The highest BCUT2D eigenvalue weighted by Crippen LogP contribution is 2.35. The number of rotatable bonds is 3. The van der Waals surface area contributed by atoms with Gasteiger partial charge in [0, 0.05) is 12.6 Å². The summed E-state index contributed by atoms with van der Waals surface area (Å²) in [7, 11) is 0. The highest BCUT2D eigenvalue weighted by atomic mass is 79.9. The molecule has 0 heterocycles. The molecule has 0 saturated carbocycles. The summed E-state index contributed by atoms with van der Waals surface area (Å²) in [6, 6.07) is 3.29. The van der Waals surface area contributed by atoms with Gasteiger partial charge < -0.3 is 15.9 Å². The van der Waals surface area contributed by atoms with Gasteiger partial charge in [-0.15, -0.1) is 12.4 Å². The molecule has 1 atom stereocenters. The standard InChI is InChI=1S/C9H11Br2NO2.ClH/c10-6-3-5(8(12)1-2-13)4-7(11)9(6)14;/h3-4,8,13-14H,1-2,12H2;1H. The number of hydrogen-bond acceptors (Lipinski definition) is 3. The Morgan fingerprint density at radius 3 is 2.13 bits per heavy atom. The van der Waals surface area contributed by atoms with Crippen LogP contribution in [0.1, 0.15) is 18.0 Å². The molecule has 0 aliphatic carbocycles. The molecule has 6 heteroatoms. The molecule has 0 aliphatic rings. The molecule has 0 fully saturated rings. The molecule has 0 spiro atoms. The molecule has 0 aromatic heterocycles. The van der Waals surface area contributed by atoms with E-state index < -0.39 is 0 Å². The number of aliphatic hydroxyl groups is 1. The van der Waals surface area contributed by atoms with Crippen molar-refractivity contribution in [1.29, 1.82) is 0 Å². The molecule has 1 rings (SSSR count). The van der Waals surface area contributed by atoms with Crippen molar-refractivity contribution in [1.82, 2.24) is 0 Å². The Labute approximate surface area is 111 Å². The summed E-state index contributed by atoms with van der Waals surface area (Å²) in [6.07, 6.45) is 0.504. The van der Waals surface area contributed by atoms with Crippen LogP contribution in [0.2, 0.25) is 0 Å². The number of halogens is 3. The Kier molecular flexibility index (Phi) is 6.79. The normalized spacial score (nSPS) is 12.0. The zero-order valence-corrected chi connectivity index (χ0v) is 11.8. The van der Waals surface area contributed by atoms with Crippen LogP contribution in [0, 0.1) is 0 Å². The number of nitrogens with two attached hydrogens (primary N) is 1. The predicted molar refractivity (Wildman–Crippen MR) is 69.4 cm³/mol. The van der Waals surface area contributed by atoms with E-state index in [1.165, 1.54) is 0 Å². The molecule has 0 aliphatic heterocycles. The molecule has 15 heavy (non-hydrogen) atoms. The third-order valence-electron chi connectivity index (χ3n) is 1.91. The summed E-state index contributed by atoms with van der Waals surface area (Å²) >= 11 is 6.44. The van der Waals surface area contributed by atoms with Crippen LogP contribution in [0.15, 0.2) is 21.1 Å². The van der Waals surface area contributed by atoms with Crippen molar-refractivity contribution >= 4 is 44.3 Å². The molecule has 3 nitrogen and oxygen atoms in total. The van der Waals surface area contributed by atoms with E-state index in [1.54, 1.807) is 12.1 Å². The molecule has 1 aromatic carbocycles. The van der Waals surface area contributed by atoms with Gasteiger partial charge >= 0.3 is 0 Å². The summed E-state index contributed by atoms with van der Waals surface area (Å²) < 4.78 is 1.19. The van der Waals surface area contributed by atoms with Crippen LogP contribution in [0.4, 0.5) is 0 Å². The van der Waals surface area contributed by atoms with Crippen molar-refractivity contribution in [2.45, 2.75) is 12.5 Å². The maximum absolute atomic E-state index is 9.46. The number of benzene rings is 1. The summed E-state index contributed by atoms with van der Waals surface area (Å²) in [5.41, 5.74) is 6.68. The summed E-state index contributed by atoms with van der Waals surface area (Å²) in [6.45, 7) is 0.0529. The molecule has 0 saturated heterocycles. The lowest BCUT2D eigenvalue weighted by molar-refractivity contribution is 0.276. The average molecular weight is 361 g/mol. The second kappa shape index (κ2) is 6.70. The van der Waals surface area contributed by atoms with Crippen molar-refractivity contribution in [2.24, 2.45) is 5.73 Å². The zero-order valence-electron chi connectivity index (χ0n) is 7.78. The van der Waals surface area contributed by atoms with Gasteiger partial charge in [-0.05, 0) is 56.0 Å². The van der Waals surface area contributed by atoms with Crippen LogP contribution in [0.5, 0.6) is 5.75 Å². The maximum atomic E-state index is 9.46. The second-order valence-electron chi connectivity index (χ2n) is 2.95. The minimum atomic E-state index is -0.215. The van der Waals surface area contributed by atoms with Gasteiger partial charge in [-0.2, -0.15) is 0 Å². The van der Waals surface area contributed by atoms with E-state index in [2.05, 4.69) is 31.9 Å². The van der Waals surface area contributed by atoms with Gasteiger partial charge in [0.25, 0.3) is 0 Å². The van der Waals surface area contributed by atoms with Gasteiger partial charge in [0.1, 0.15) is 5.75 Å². The van der Waals surface area contributed by atoms with Gasteiger partial charge in [0.05, 0.1) is 8.95 Å². The molecule has 0 bridgehead atoms. The minimum Gasteiger partial charge on any atom is -0.506 e. The van der Waals surface area contributed by atoms with Crippen LogP contribution in [0.25, 0.3) is 0 Å². The Bertz CT molecular complexity index is 313. The van der Waals surface area contributed by atoms with Gasteiger partial charge in [-0.25, -0.2) is 0 Å². The molecule has 1 unspecified atom stereocenters. The van der Waals surface area contributed by atoms with Gasteiger partial charge in [0.2, 0.25) is 0 Å². The minimum absolute atomic E-state index is 0. The SMILES string of the molecule is Cl.NC(CCO)c1cc(Br)c(O)c(Br)c1. The van der Waals surface area contributed by atoms with E-state index >= 15 is 0 Å². The van der Waals surface area contributed by atoms with Crippen LogP contribution in [0.3, 0.4) is 0 Å². The van der Waals surface area contributed by atoms with Gasteiger partial charge in [-0.3, -0.25) is 0 Å². The fourth-order valence-corrected chi connectivity index (χ4v) is 2.33. The lowest BCUT2D eigenvalue weighted by Gasteiger charge is -2.12. The monoisotopic (exact) mass is 359 g/mol. The summed E-state index contributed by atoms with van der Waals surface area (Å²) in [5, 5.41) is 18.2. The largest absolute Gasteiger partial charge is 0.506 e.